The van der Waals surface area contributed by atoms with Crippen LogP contribution in [0.15, 0.2) is 30.3 Å². The summed E-state index contributed by atoms with van der Waals surface area (Å²) in [5.74, 6) is 0. The number of urea groups is 1. The Labute approximate surface area is 140 Å². The number of likely N-dealkylation sites (N-methyl/N-ethyl adjacent to an activating group) is 1. The molecule has 1 aromatic carbocycles. The fraction of sp³-hybridized carbons (Fsp3) is 0.611. The summed E-state index contributed by atoms with van der Waals surface area (Å²) in [7, 11) is 2.16. The van der Waals surface area contributed by atoms with Gasteiger partial charge < -0.3 is 15.1 Å². The largest absolute Gasteiger partial charge is 0.336 e. The summed E-state index contributed by atoms with van der Waals surface area (Å²) in [6, 6.07) is 10.4. The van der Waals surface area contributed by atoms with Gasteiger partial charge in [-0.05, 0) is 26.5 Å². The van der Waals surface area contributed by atoms with Crippen molar-refractivity contribution in [1.82, 2.24) is 20.0 Å². The van der Waals surface area contributed by atoms with E-state index in [1.165, 1.54) is 5.56 Å². The molecule has 0 bridgehead atoms. The molecule has 1 aromatic rings. The number of benzene rings is 1. The number of piperazine rings is 1. The van der Waals surface area contributed by atoms with Gasteiger partial charge in [-0.3, -0.25) is 4.90 Å². The van der Waals surface area contributed by atoms with Gasteiger partial charge in [0.1, 0.15) is 0 Å². The van der Waals surface area contributed by atoms with Gasteiger partial charge in [-0.2, -0.15) is 0 Å². The highest BCUT2D eigenvalue weighted by Crippen LogP contribution is 2.06. The normalized spacial score (nSPS) is 16.5. The lowest BCUT2D eigenvalue weighted by atomic mass is 10.2. The van der Waals surface area contributed by atoms with Crippen LogP contribution in [0, 0.1) is 0 Å². The van der Waals surface area contributed by atoms with Crippen molar-refractivity contribution in [3.05, 3.63) is 35.9 Å². The van der Waals surface area contributed by atoms with Crippen LogP contribution in [0.4, 0.5) is 4.79 Å². The van der Waals surface area contributed by atoms with Crippen LogP contribution in [0.5, 0.6) is 0 Å². The van der Waals surface area contributed by atoms with E-state index in [1.807, 2.05) is 36.9 Å². The lowest BCUT2D eigenvalue weighted by molar-refractivity contribution is 0.135. The van der Waals surface area contributed by atoms with Crippen molar-refractivity contribution in [3.63, 3.8) is 0 Å². The SMILES string of the molecule is CC(C)NC(=O)N(CCN1CCN(C)CC1)Cc1ccccc1. The van der Waals surface area contributed by atoms with E-state index in [0.717, 1.165) is 39.3 Å². The minimum Gasteiger partial charge on any atom is -0.336 e. The number of amides is 2. The summed E-state index contributed by atoms with van der Waals surface area (Å²) in [4.78, 5) is 19.2. The predicted octanol–water partition coefficient (Wildman–Crippen LogP) is 1.85. The third-order valence-corrected chi connectivity index (χ3v) is 4.20. The minimum absolute atomic E-state index is 0.0259. The lowest BCUT2D eigenvalue weighted by Crippen LogP contribution is -2.49. The van der Waals surface area contributed by atoms with Crippen LogP contribution in [-0.2, 0) is 6.54 Å². The Bertz CT molecular complexity index is 469. The molecule has 0 aliphatic carbocycles. The van der Waals surface area contributed by atoms with Crippen LogP contribution in [0.3, 0.4) is 0 Å². The Morgan fingerprint density at radius 3 is 2.43 bits per heavy atom. The monoisotopic (exact) mass is 318 g/mol. The van der Waals surface area contributed by atoms with Crippen molar-refractivity contribution >= 4 is 6.03 Å². The highest BCUT2D eigenvalue weighted by atomic mass is 16.2. The van der Waals surface area contributed by atoms with Crippen LogP contribution in [0.2, 0.25) is 0 Å². The standard InChI is InChI=1S/C18H30N4O/c1-16(2)19-18(23)22(15-17-7-5-4-6-8-17)14-13-21-11-9-20(3)10-12-21/h4-8,16H,9-15H2,1-3H3,(H,19,23). The van der Waals surface area contributed by atoms with E-state index in [4.69, 9.17) is 0 Å². The molecular weight excluding hydrogens is 288 g/mol. The van der Waals surface area contributed by atoms with Crippen LogP contribution >= 0.6 is 0 Å². The summed E-state index contributed by atoms with van der Waals surface area (Å²) in [5.41, 5.74) is 1.17. The van der Waals surface area contributed by atoms with Gasteiger partial charge in [-0.25, -0.2) is 4.79 Å². The zero-order chi connectivity index (χ0) is 16.7. The fourth-order valence-corrected chi connectivity index (χ4v) is 2.73. The maximum atomic E-state index is 12.5. The molecule has 0 atom stereocenters. The zero-order valence-electron chi connectivity index (χ0n) is 14.7. The molecule has 0 spiro atoms. The average molecular weight is 318 g/mol. The predicted molar refractivity (Wildman–Crippen MR) is 94.5 cm³/mol. The molecule has 5 nitrogen and oxygen atoms in total. The second kappa shape index (κ2) is 8.89. The van der Waals surface area contributed by atoms with Crippen molar-refractivity contribution in [3.8, 4) is 0 Å². The molecule has 1 N–H and O–H groups in total. The van der Waals surface area contributed by atoms with Gasteiger partial charge in [0.15, 0.2) is 0 Å². The molecule has 23 heavy (non-hydrogen) atoms. The molecule has 1 saturated heterocycles. The zero-order valence-corrected chi connectivity index (χ0v) is 14.7. The summed E-state index contributed by atoms with van der Waals surface area (Å²) in [5, 5.41) is 3.02. The van der Waals surface area contributed by atoms with E-state index in [9.17, 15) is 4.79 Å². The van der Waals surface area contributed by atoms with Gasteiger partial charge in [0, 0.05) is 51.9 Å². The maximum absolute atomic E-state index is 12.5. The molecule has 0 unspecified atom stereocenters. The molecule has 1 aliphatic heterocycles. The molecule has 1 aliphatic rings. The number of carbonyl (C=O) groups is 1. The molecule has 2 rings (SSSR count). The van der Waals surface area contributed by atoms with Gasteiger partial charge in [-0.1, -0.05) is 30.3 Å². The number of nitrogens with one attached hydrogen (secondary N) is 1. The number of hydrogen-bond donors (Lipinski definition) is 1. The average Bonchev–Trinajstić information content (AvgIpc) is 2.53. The molecule has 5 heteroatoms. The first kappa shape index (κ1) is 17.8. The third-order valence-electron chi connectivity index (χ3n) is 4.20. The third kappa shape index (κ3) is 6.20. The molecule has 128 valence electrons. The summed E-state index contributed by atoms with van der Waals surface area (Å²) in [6.07, 6.45) is 0. The summed E-state index contributed by atoms with van der Waals surface area (Å²) >= 11 is 0. The number of hydrogen-bond acceptors (Lipinski definition) is 3. The van der Waals surface area contributed by atoms with Gasteiger partial charge in [0.25, 0.3) is 0 Å². The topological polar surface area (TPSA) is 38.8 Å². The van der Waals surface area contributed by atoms with E-state index in [2.05, 4.69) is 34.3 Å². The molecule has 0 aromatic heterocycles. The van der Waals surface area contributed by atoms with Crippen molar-refractivity contribution in [1.29, 1.82) is 0 Å². The van der Waals surface area contributed by atoms with E-state index in [0.29, 0.717) is 6.54 Å². The molecule has 1 fully saturated rings. The van der Waals surface area contributed by atoms with Crippen LogP contribution in [-0.4, -0.2) is 73.1 Å². The first-order valence-electron chi connectivity index (χ1n) is 8.55. The van der Waals surface area contributed by atoms with E-state index >= 15 is 0 Å². The second-order valence-electron chi connectivity index (χ2n) is 6.66. The Kier molecular flexibility index (Phi) is 6.86. The number of nitrogens with zero attached hydrogens (tertiary/aromatic N) is 3. The fourth-order valence-electron chi connectivity index (χ4n) is 2.73. The van der Waals surface area contributed by atoms with Gasteiger partial charge in [-0.15, -0.1) is 0 Å². The van der Waals surface area contributed by atoms with E-state index in [-0.39, 0.29) is 12.1 Å². The van der Waals surface area contributed by atoms with Crippen LogP contribution < -0.4 is 5.32 Å². The highest BCUT2D eigenvalue weighted by molar-refractivity contribution is 5.74. The van der Waals surface area contributed by atoms with Crippen molar-refractivity contribution < 1.29 is 4.79 Å². The quantitative estimate of drug-likeness (QED) is 0.870. The maximum Gasteiger partial charge on any atom is 0.317 e. The van der Waals surface area contributed by atoms with Crippen molar-refractivity contribution in [2.45, 2.75) is 26.4 Å². The minimum atomic E-state index is 0.0259. The van der Waals surface area contributed by atoms with Gasteiger partial charge in [0.2, 0.25) is 0 Å². The molecular formula is C18H30N4O. The van der Waals surface area contributed by atoms with Crippen LogP contribution in [0.1, 0.15) is 19.4 Å². The van der Waals surface area contributed by atoms with Gasteiger partial charge in [0.05, 0.1) is 0 Å². The number of carbonyl (C=O) groups excluding carboxylic acids is 1. The van der Waals surface area contributed by atoms with Crippen LogP contribution in [0.25, 0.3) is 0 Å². The Balaban J connectivity index is 1.91. The Hall–Kier alpha value is -1.59. The smallest absolute Gasteiger partial charge is 0.317 e. The van der Waals surface area contributed by atoms with E-state index in [1.54, 1.807) is 0 Å². The van der Waals surface area contributed by atoms with E-state index < -0.39 is 0 Å². The van der Waals surface area contributed by atoms with Gasteiger partial charge >= 0.3 is 6.03 Å². The molecule has 2 amide bonds. The molecule has 1 heterocycles. The summed E-state index contributed by atoms with van der Waals surface area (Å²) in [6.45, 7) is 10.7. The lowest BCUT2D eigenvalue weighted by Gasteiger charge is -2.34. The molecule has 0 saturated carbocycles. The Morgan fingerprint density at radius 1 is 1.17 bits per heavy atom. The first-order chi connectivity index (χ1) is 11.0. The van der Waals surface area contributed by atoms with Crippen molar-refractivity contribution in [2.24, 2.45) is 0 Å². The first-order valence-corrected chi connectivity index (χ1v) is 8.55. The second-order valence-corrected chi connectivity index (χ2v) is 6.66. The highest BCUT2D eigenvalue weighted by Gasteiger charge is 2.18. The summed E-state index contributed by atoms with van der Waals surface area (Å²) < 4.78 is 0. The van der Waals surface area contributed by atoms with Crippen molar-refractivity contribution in [2.75, 3.05) is 46.3 Å². The molecule has 0 radical (unpaired) electrons. The number of rotatable bonds is 6. The Morgan fingerprint density at radius 2 is 1.83 bits per heavy atom.